The molecule has 0 fully saturated rings. The topological polar surface area (TPSA) is 23.8 Å². The number of thiocyanates is 1. The lowest BCUT2D eigenvalue weighted by atomic mass is 10.0. The van der Waals surface area contributed by atoms with Gasteiger partial charge in [-0.3, -0.25) is 0 Å². The molecule has 0 aromatic heterocycles. The van der Waals surface area contributed by atoms with Gasteiger partial charge in [-0.15, -0.1) is 12.6 Å². The highest BCUT2D eigenvalue weighted by molar-refractivity contribution is 8.03. The Morgan fingerprint density at radius 3 is 2.00 bits per heavy atom. The van der Waals surface area contributed by atoms with E-state index in [0.717, 1.165) is 16.0 Å². The van der Waals surface area contributed by atoms with Gasteiger partial charge in [-0.05, 0) is 59.3 Å². The summed E-state index contributed by atoms with van der Waals surface area (Å²) in [7, 11) is 0. The second kappa shape index (κ2) is 8.10. The van der Waals surface area contributed by atoms with Gasteiger partial charge in [-0.25, -0.2) is 8.78 Å². The molecule has 0 saturated heterocycles. The summed E-state index contributed by atoms with van der Waals surface area (Å²) in [6.07, 6.45) is 0. The molecule has 3 rings (SSSR count). The van der Waals surface area contributed by atoms with E-state index in [9.17, 15) is 8.78 Å². The molecule has 3 aromatic rings. The van der Waals surface area contributed by atoms with E-state index in [1.807, 2.05) is 48.5 Å². The molecule has 0 amide bonds. The van der Waals surface area contributed by atoms with E-state index in [-0.39, 0.29) is 10.5 Å². The van der Waals surface area contributed by atoms with Crippen LogP contribution in [0.25, 0.3) is 11.1 Å². The third kappa shape index (κ3) is 4.08. The molecule has 5 heteroatoms. The second-order valence-corrected chi connectivity index (χ2v) is 6.65. The number of thioether (sulfide) groups is 1. The fourth-order valence-corrected chi connectivity index (χ4v) is 2.86. The Hall–Kier alpha value is -2.73. The van der Waals surface area contributed by atoms with Crippen LogP contribution in [0.1, 0.15) is 11.1 Å². The molecule has 26 heavy (non-hydrogen) atoms. The molecule has 0 heterocycles. The van der Waals surface area contributed by atoms with Gasteiger partial charge in [0.05, 0.1) is 10.5 Å². The predicted octanol–water partition coefficient (Wildman–Crippen LogP) is 5.89. The number of benzene rings is 3. The van der Waals surface area contributed by atoms with Gasteiger partial charge in [0.15, 0.2) is 11.6 Å². The molecule has 0 radical (unpaired) electrons. The first kappa shape index (κ1) is 18.1. The number of nitrogens with zero attached hydrogens (tertiary/aromatic N) is 1. The zero-order chi connectivity index (χ0) is 18.5. The molecule has 0 saturated carbocycles. The van der Waals surface area contributed by atoms with Gasteiger partial charge in [0.2, 0.25) is 0 Å². The summed E-state index contributed by atoms with van der Waals surface area (Å²) < 4.78 is 27.8. The maximum absolute atomic E-state index is 14.0. The molecule has 0 aliphatic heterocycles. The second-order valence-electron chi connectivity index (χ2n) is 5.31. The first-order valence-corrected chi connectivity index (χ1v) is 8.80. The van der Waals surface area contributed by atoms with Crippen molar-refractivity contribution in [3.63, 3.8) is 0 Å². The fourth-order valence-electron chi connectivity index (χ4n) is 2.30. The summed E-state index contributed by atoms with van der Waals surface area (Å²) in [5.74, 6) is 3.38. The SMILES string of the molecule is N#CSc1ccc(C#Cc2ccc(-c3ccc(S)cc3)cc2)c(F)c1F. The number of thiol groups is 1. The van der Waals surface area contributed by atoms with Gasteiger partial charge in [0, 0.05) is 10.5 Å². The van der Waals surface area contributed by atoms with E-state index in [4.69, 9.17) is 5.26 Å². The molecule has 126 valence electrons. The van der Waals surface area contributed by atoms with Crippen LogP contribution >= 0.6 is 24.4 Å². The molecule has 0 N–H and O–H groups in total. The molecule has 0 unspecified atom stereocenters. The summed E-state index contributed by atoms with van der Waals surface area (Å²) in [6.45, 7) is 0. The summed E-state index contributed by atoms with van der Waals surface area (Å²) in [4.78, 5) is 0.844. The van der Waals surface area contributed by atoms with Crippen molar-refractivity contribution < 1.29 is 8.78 Å². The minimum Gasteiger partial charge on any atom is -0.202 e. The highest BCUT2D eigenvalue weighted by Crippen LogP contribution is 2.25. The summed E-state index contributed by atoms with van der Waals surface area (Å²) in [5, 5.41) is 10.3. The minimum atomic E-state index is -1.05. The van der Waals surface area contributed by atoms with Crippen molar-refractivity contribution in [3.05, 3.63) is 83.4 Å². The standard InChI is InChI=1S/C21H11F2NS2/c22-20-17(9-12-19(21(20)23)26-13-24)6-3-14-1-4-15(5-2-14)16-7-10-18(25)11-8-16/h1-2,4-5,7-12,25H. The largest absolute Gasteiger partial charge is 0.202 e. The average Bonchev–Trinajstić information content (AvgIpc) is 2.66. The number of nitriles is 1. The van der Waals surface area contributed by atoms with Crippen molar-refractivity contribution in [2.45, 2.75) is 9.79 Å². The third-order valence-corrected chi connectivity index (χ3v) is 4.55. The van der Waals surface area contributed by atoms with Crippen molar-refractivity contribution in [2.24, 2.45) is 0 Å². The number of halogens is 2. The van der Waals surface area contributed by atoms with Crippen molar-refractivity contribution in [1.29, 1.82) is 5.26 Å². The number of rotatable bonds is 2. The van der Waals surface area contributed by atoms with Crippen molar-refractivity contribution in [2.75, 3.05) is 0 Å². The van der Waals surface area contributed by atoms with E-state index in [1.54, 1.807) is 5.40 Å². The lowest BCUT2D eigenvalue weighted by Crippen LogP contribution is -1.92. The Bertz CT molecular complexity index is 1040. The van der Waals surface area contributed by atoms with Gasteiger partial charge in [0.25, 0.3) is 0 Å². The van der Waals surface area contributed by atoms with Crippen LogP contribution in [0.15, 0.2) is 70.5 Å². The fraction of sp³-hybridized carbons (Fsp3) is 0. The first-order valence-electron chi connectivity index (χ1n) is 7.54. The Labute approximate surface area is 160 Å². The molecule has 0 aliphatic carbocycles. The van der Waals surface area contributed by atoms with Crippen LogP contribution in [0.5, 0.6) is 0 Å². The maximum atomic E-state index is 14.0. The first-order chi connectivity index (χ1) is 12.6. The van der Waals surface area contributed by atoms with Gasteiger partial charge in [-0.2, -0.15) is 5.26 Å². The van der Waals surface area contributed by atoms with Crippen molar-refractivity contribution in [3.8, 4) is 28.4 Å². The molecule has 0 bridgehead atoms. The van der Waals surface area contributed by atoms with Crippen LogP contribution in [0.4, 0.5) is 8.78 Å². The van der Waals surface area contributed by atoms with Gasteiger partial charge >= 0.3 is 0 Å². The van der Waals surface area contributed by atoms with Crippen LogP contribution in [0.2, 0.25) is 0 Å². The summed E-state index contributed by atoms with van der Waals surface area (Å²) in [6, 6.07) is 18.0. The highest BCUT2D eigenvalue weighted by atomic mass is 32.2. The van der Waals surface area contributed by atoms with E-state index < -0.39 is 11.6 Å². The number of hydrogen-bond donors (Lipinski definition) is 1. The third-order valence-electron chi connectivity index (χ3n) is 3.63. The quantitative estimate of drug-likeness (QED) is 0.260. The summed E-state index contributed by atoms with van der Waals surface area (Å²) >= 11 is 4.84. The van der Waals surface area contributed by atoms with Crippen LogP contribution in [0.3, 0.4) is 0 Å². The lowest BCUT2D eigenvalue weighted by Gasteiger charge is -2.02. The molecular weight excluding hydrogens is 368 g/mol. The zero-order valence-corrected chi connectivity index (χ0v) is 15.0. The normalized spacial score (nSPS) is 9.92. The molecule has 0 spiro atoms. The predicted molar refractivity (Wildman–Crippen MR) is 103 cm³/mol. The van der Waals surface area contributed by atoms with Crippen LogP contribution in [0, 0.1) is 34.1 Å². The Morgan fingerprint density at radius 1 is 0.769 bits per heavy atom. The minimum absolute atomic E-state index is 0.0433. The molecule has 3 aromatic carbocycles. The van der Waals surface area contributed by atoms with E-state index in [2.05, 4.69) is 24.5 Å². The lowest BCUT2D eigenvalue weighted by molar-refractivity contribution is 0.490. The number of hydrogen-bond acceptors (Lipinski definition) is 3. The summed E-state index contributed by atoms with van der Waals surface area (Å²) in [5.41, 5.74) is 2.73. The molecule has 0 atom stereocenters. The Balaban J connectivity index is 1.84. The zero-order valence-electron chi connectivity index (χ0n) is 13.3. The Morgan fingerprint density at radius 2 is 1.38 bits per heavy atom. The van der Waals surface area contributed by atoms with Crippen LogP contribution in [-0.4, -0.2) is 0 Å². The van der Waals surface area contributed by atoms with Crippen LogP contribution < -0.4 is 0 Å². The molecule has 0 aliphatic rings. The maximum Gasteiger partial charge on any atom is 0.175 e. The van der Waals surface area contributed by atoms with Crippen LogP contribution in [-0.2, 0) is 0 Å². The Kier molecular flexibility index (Phi) is 5.63. The molecular formula is C21H11F2NS2. The van der Waals surface area contributed by atoms with E-state index in [0.29, 0.717) is 17.3 Å². The van der Waals surface area contributed by atoms with E-state index in [1.165, 1.54) is 12.1 Å². The van der Waals surface area contributed by atoms with Crippen molar-refractivity contribution in [1.82, 2.24) is 0 Å². The van der Waals surface area contributed by atoms with E-state index >= 15 is 0 Å². The van der Waals surface area contributed by atoms with Crippen molar-refractivity contribution >= 4 is 24.4 Å². The smallest absolute Gasteiger partial charge is 0.175 e. The molecule has 1 nitrogen and oxygen atoms in total. The highest BCUT2D eigenvalue weighted by Gasteiger charge is 2.12. The van der Waals surface area contributed by atoms with Gasteiger partial charge in [-0.1, -0.05) is 36.1 Å². The monoisotopic (exact) mass is 379 g/mol. The average molecular weight is 379 g/mol. The van der Waals surface area contributed by atoms with Gasteiger partial charge in [0.1, 0.15) is 5.40 Å². The van der Waals surface area contributed by atoms with Gasteiger partial charge < -0.3 is 0 Å².